The molecule has 1 fully saturated rings. The summed E-state index contributed by atoms with van der Waals surface area (Å²) < 4.78 is 1.75. The molecule has 1 atom stereocenters. The maximum Gasteiger partial charge on any atom is 0.269 e. The first-order valence-electron chi connectivity index (χ1n) is 11.3. The molecule has 0 aliphatic carbocycles. The first kappa shape index (κ1) is 22.7. The molecule has 1 N–H and O–H groups in total. The average Bonchev–Trinajstić information content (AvgIpc) is 3.46. The minimum atomic E-state index is -0.426. The molecule has 1 amide bonds. The van der Waals surface area contributed by atoms with Gasteiger partial charge in [-0.05, 0) is 57.0 Å². The Bertz CT molecular complexity index is 1110. The van der Waals surface area contributed by atoms with E-state index in [1.54, 1.807) is 16.8 Å². The zero-order chi connectivity index (χ0) is 23.4. The van der Waals surface area contributed by atoms with Crippen molar-refractivity contribution in [1.29, 1.82) is 0 Å². The molecule has 0 bridgehead atoms. The van der Waals surface area contributed by atoms with Crippen molar-refractivity contribution in [2.24, 2.45) is 5.92 Å². The van der Waals surface area contributed by atoms with Crippen LogP contribution < -0.4 is 5.32 Å². The van der Waals surface area contributed by atoms with Crippen LogP contribution in [-0.2, 0) is 11.2 Å². The van der Waals surface area contributed by atoms with Crippen LogP contribution in [0.25, 0.3) is 16.9 Å². The number of para-hydroxylation sites is 1. The SMILES string of the molecule is CC(C)N1CCC(CNC(=O)Cc2cn(-c3ccccc3)nc2-c2ccc([N+](=O)[O-])cc2)C1. The minimum Gasteiger partial charge on any atom is -0.355 e. The summed E-state index contributed by atoms with van der Waals surface area (Å²) in [6, 6.07) is 16.5. The number of hydrogen-bond donors (Lipinski definition) is 1. The van der Waals surface area contributed by atoms with Gasteiger partial charge in [0.2, 0.25) is 5.91 Å². The predicted octanol–water partition coefficient (Wildman–Crippen LogP) is 3.84. The third-order valence-corrected chi connectivity index (χ3v) is 6.15. The second kappa shape index (κ2) is 9.95. The number of nitrogens with one attached hydrogen (secondary N) is 1. The summed E-state index contributed by atoms with van der Waals surface area (Å²) in [5.41, 5.74) is 3.07. The maximum absolute atomic E-state index is 12.8. The zero-order valence-electron chi connectivity index (χ0n) is 19.0. The first-order valence-corrected chi connectivity index (χ1v) is 11.3. The van der Waals surface area contributed by atoms with Crippen LogP contribution in [0.4, 0.5) is 5.69 Å². The number of likely N-dealkylation sites (tertiary alicyclic amines) is 1. The van der Waals surface area contributed by atoms with Crippen LogP contribution in [0.5, 0.6) is 0 Å². The van der Waals surface area contributed by atoms with Gasteiger partial charge in [-0.2, -0.15) is 5.10 Å². The van der Waals surface area contributed by atoms with E-state index >= 15 is 0 Å². The normalized spacial score (nSPS) is 16.3. The number of aromatic nitrogens is 2. The number of benzene rings is 2. The van der Waals surface area contributed by atoms with Crippen LogP contribution in [0.1, 0.15) is 25.8 Å². The van der Waals surface area contributed by atoms with Crippen molar-refractivity contribution >= 4 is 11.6 Å². The van der Waals surface area contributed by atoms with Crippen LogP contribution in [0.3, 0.4) is 0 Å². The van der Waals surface area contributed by atoms with E-state index < -0.39 is 4.92 Å². The van der Waals surface area contributed by atoms with Gasteiger partial charge in [-0.3, -0.25) is 14.9 Å². The Hall–Kier alpha value is -3.52. The van der Waals surface area contributed by atoms with E-state index in [0.29, 0.717) is 24.2 Å². The van der Waals surface area contributed by atoms with Gasteiger partial charge >= 0.3 is 0 Å². The lowest BCUT2D eigenvalue weighted by Gasteiger charge is -2.20. The Morgan fingerprint density at radius 3 is 2.55 bits per heavy atom. The Balaban J connectivity index is 1.51. The molecule has 1 unspecified atom stereocenters. The van der Waals surface area contributed by atoms with Gasteiger partial charge in [-0.25, -0.2) is 4.68 Å². The molecule has 4 rings (SSSR count). The lowest BCUT2D eigenvalue weighted by atomic mass is 10.0. The molecule has 8 heteroatoms. The number of carbonyl (C=O) groups excluding carboxylic acids is 1. The van der Waals surface area contributed by atoms with Crippen LogP contribution >= 0.6 is 0 Å². The van der Waals surface area contributed by atoms with Crippen molar-refractivity contribution in [3.63, 3.8) is 0 Å². The highest BCUT2D eigenvalue weighted by Crippen LogP contribution is 2.26. The summed E-state index contributed by atoms with van der Waals surface area (Å²) in [7, 11) is 0. The smallest absolute Gasteiger partial charge is 0.269 e. The van der Waals surface area contributed by atoms with Gasteiger partial charge in [0.1, 0.15) is 0 Å². The molecule has 1 aliphatic rings. The Labute approximate surface area is 193 Å². The Morgan fingerprint density at radius 2 is 1.91 bits per heavy atom. The molecule has 0 spiro atoms. The highest BCUT2D eigenvalue weighted by molar-refractivity contribution is 5.81. The van der Waals surface area contributed by atoms with Gasteiger partial charge in [0.25, 0.3) is 5.69 Å². The maximum atomic E-state index is 12.8. The molecule has 1 aliphatic heterocycles. The summed E-state index contributed by atoms with van der Waals surface area (Å²) in [6.07, 6.45) is 3.15. The van der Waals surface area contributed by atoms with E-state index in [9.17, 15) is 14.9 Å². The summed E-state index contributed by atoms with van der Waals surface area (Å²) in [6.45, 7) is 7.15. The second-order valence-corrected chi connectivity index (χ2v) is 8.81. The summed E-state index contributed by atoms with van der Waals surface area (Å²) in [4.78, 5) is 25.8. The average molecular weight is 448 g/mol. The van der Waals surface area contributed by atoms with E-state index in [4.69, 9.17) is 5.10 Å². The molecule has 1 aromatic heterocycles. The number of nitro groups is 1. The van der Waals surface area contributed by atoms with E-state index in [2.05, 4.69) is 24.1 Å². The van der Waals surface area contributed by atoms with Crippen LogP contribution in [-0.4, -0.2) is 51.2 Å². The van der Waals surface area contributed by atoms with Gasteiger partial charge in [0.05, 0.1) is 22.7 Å². The molecular weight excluding hydrogens is 418 g/mol. The Kier molecular flexibility index (Phi) is 6.84. The summed E-state index contributed by atoms with van der Waals surface area (Å²) >= 11 is 0. The fraction of sp³-hybridized carbons (Fsp3) is 0.360. The van der Waals surface area contributed by atoms with Gasteiger partial charge in [0.15, 0.2) is 0 Å². The number of carbonyl (C=O) groups is 1. The first-order chi connectivity index (χ1) is 15.9. The number of nitro benzene ring substituents is 1. The molecule has 0 radical (unpaired) electrons. The van der Waals surface area contributed by atoms with Crippen LogP contribution in [0.15, 0.2) is 60.8 Å². The van der Waals surface area contributed by atoms with Crippen LogP contribution in [0.2, 0.25) is 0 Å². The molecule has 1 saturated heterocycles. The molecule has 3 aromatic rings. The quantitative estimate of drug-likeness (QED) is 0.418. The van der Waals surface area contributed by atoms with E-state index in [1.807, 2.05) is 36.5 Å². The van der Waals surface area contributed by atoms with E-state index in [-0.39, 0.29) is 18.0 Å². The van der Waals surface area contributed by atoms with Gasteiger partial charge in [0, 0.05) is 48.6 Å². The van der Waals surface area contributed by atoms with Gasteiger partial charge in [-0.15, -0.1) is 0 Å². The number of non-ortho nitro benzene ring substituents is 1. The molecular formula is C25H29N5O3. The Morgan fingerprint density at radius 1 is 1.18 bits per heavy atom. The summed E-state index contributed by atoms with van der Waals surface area (Å²) in [5, 5.41) is 18.8. The monoisotopic (exact) mass is 447 g/mol. The van der Waals surface area contributed by atoms with E-state index in [0.717, 1.165) is 36.3 Å². The van der Waals surface area contributed by atoms with Gasteiger partial charge in [-0.1, -0.05) is 18.2 Å². The third-order valence-electron chi connectivity index (χ3n) is 6.15. The number of amides is 1. The van der Waals surface area contributed by atoms with Crippen LogP contribution in [0, 0.1) is 16.0 Å². The lowest BCUT2D eigenvalue weighted by molar-refractivity contribution is -0.384. The topological polar surface area (TPSA) is 93.3 Å². The van der Waals surface area contributed by atoms with Crippen molar-refractivity contribution in [3.05, 3.63) is 76.5 Å². The molecule has 172 valence electrons. The minimum absolute atomic E-state index is 0.0209. The molecule has 0 saturated carbocycles. The number of rotatable bonds is 8. The molecule has 2 heterocycles. The highest BCUT2D eigenvalue weighted by atomic mass is 16.6. The molecule has 2 aromatic carbocycles. The second-order valence-electron chi connectivity index (χ2n) is 8.81. The van der Waals surface area contributed by atoms with Crippen molar-refractivity contribution in [2.75, 3.05) is 19.6 Å². The fourth-order valence-electron chi connectivity index (χ4n) is 4.23. The highest BCUT2D eigenvalue weighted by Gasteiger charge is 2.24. The largest absolute Gasteiger partial charge is 0.355 e. The number of nitrogens with zero attached hydrogens (tertiary/aromatic N) is 4. The zero-order valence-corrected chi connectivity index (χ0v) is 19.0. The van der Waals surface area contributed by atoms with Crippen molar-refractivity contribution in [3.8, 4) is 16.9 Å². The van der Waals surface area contributed by atoms with Crippen molar-refractivity contribution in [1.82, 2.24) is 20.0 Å². The third kappa shape index (κ3) is 5.46. The fourth-order valence-corrected chi connectivity index (χ4v) is 4.23. The van der Waals surface area contributed by atoms with E-state index in [1.165, 1.54) is 12.1 Å². The lowest BCUT2D eigenvalue weighted by Crippen LogP contribution is -2.33. The molecule has 33 heavy (non-hydrogen) atoms. The van der Waals surface area contributed by atoms with Crippen molar-refractivity contribution in [2.45, 2.75) is 32.7 Å². The predicted molar refractivity (Wildman–Crippen MR) is 127 cm³/mol. The standard InChI is InChI=1S/C25H29N5O3/c1-18(2)28-13-12-19(16-28)15-26-24(31)14-21-17-29(22-6-4-3-5-7-22)27-25(21)20-8-10-23(11-9-20)30(32)33/h3-11,17-19H,12-16H2,1-2H3,(H,26,31). The summed E-state index contributed by atoms with van der Waals surface area (Å²) in [5.74, 6) is 0.423. The number of hydrogen-bond acceptors (Lipinski definition) is 5. The van der Waals surface area contributed by atoms with Gasteiger partial charge < -0.3 is 10.2 Å². The van der Waals surface area contributed by atoms with Crippen molar-refractivity contribution < 1.29 is 9.72 Å². The molecule has 8 nitrogen and oxygen atoms in total.